The molecule has 0 atom stereocenters. The van der Waals surface area contributed by atoms with Crippen molar-refractivity contribution in [3.63, 3.8) is 0 Å². The van der Waals surface area contributed by atoms with Crippen LogP contribution in [0.25, 0.3) is 0 Å². The maximum absolute atomic E-state index is 2.16. The van der Waals surface area contributed by atoms with E-state index >= 15 is 0 Å². The topological polar surface area (TPSA) is 0 Å². The minimum Gasteiger partial charge on any atom is -0.214 e. The largest absolute Gasteiger partial charge is 0.214 e. The third-order valence-electron chi connectivity index (χ3n) is 2.54. The molecule has 0 bridgehead atoms. The van der Waals surface area contributed by atoms with Gasteiger partial charge in [0.25, 0.3) is 0 Å². The van der Waals surface area contributed by atoms with Crippen LogP contribution < -0.4 is 34.0 Å². The molecule has 0 saturated carbocycles. The molecule has 0 radical (unpaired) electrons. The minimum absolute atomic E-state index is 0. The molecule has 4 heteroatoms. The molecule has 0 unspecified atom stereocenters. The van der Waals surface area contributed by atoms with Crippen molar-refractivity contribution in [2.45, 2.75) is 6.42 Å². The number of hydrogen-bond donors (Lipinski definition) is 0. The predicted molar refractivity (Wildman–Crippen MR) is 81.9 cm³/mol. The smallest absolute Gasteiger partial charge is 0.0485 e. The number of halogens is 2. The molecule has 21 heavy (non-hydrogen) atoms. The summed E-state index contributed by atoms with van der Waals surface area (Å²) in [5.74, 6) is 0. The molecule has 0 nitrogen and oxygen atoms in total. The first-order valence-electron chi connectivity index (χ1n) is 6.22. The molecular formula is C17H18Br2HfSi-2. The Morgan fingerprint density at radius 3 is 1.76 bits per heavy atom. The van der Waals surface area contributed by atoms with Crippen molar-refractivity contribution in [1.82, 2.24) is 0 Å². The molecule has 0 N–H and O–H groups in total. The zero-order valence-corrected chi connectivity index (χ0v) is 19.9. The van der Waals surface area contributed by atoms with Crippen molar-refractivity contribution in [1.29, 1.82) is 0 Å². The van der Waals surface area contributed by atoms with E-state index in [0.717, 1.165) is 6.42 Å². The Morgan fingerprint density at radius 1 is 0.810 bits per heavy atom. The second-order valence-corrected chi connectivity index (χ2v) is 3.92. The van der Waals surface area contributed by atoms with Crippen LogP contribution in [0.1, 0.15) is 11.1 Å². The fourth-order valence-corrected chi connectivity index (χ4v) is 1.68. The first-order chi connectivity index (χ1) is 9.45. The van der Waals surface area contributed by atoms with Gasteiger partial charge < -0.3 is 34.0 Å². The third kappa shape index (κ3) is 11.2. The van der Waals surface area contributed by atoms with Gasteiger partial charge in [0.15, 0.2) is 0 Å². The zero-order valence-electron chi connectivity index (χ0n) is 11.8. The van der Waals surface area contributed by atoms with Gasteiger partial charge >= 0.3 is 29.9 Å². The van der Waals surface area contributed by atoms with Crippen molar-refractivity contribution in [3.05, 3.63) is 96.1 Å². The normalized spacial score (nSPS) is 7.90. The van der Waals surface area contributed by atoms with Gasteiger partial charge in [0.05, 0.1) is 0 Å². The Hall–Kier alpha value is -0.0330. The summed E-state index contributed by atoms with van der Waals surface area (Å²) in [5.41, 5.74) is 2.77. The Kier molecular flexibility index (Phi) is 18.1. The van der Waals surface area contributed by atoms with Crippen molar-refractivity contribution in [2.75, 3.05) is 0 Å². The summed E-state index contributed by atoms with van der Waals surface area (Å²) in [6.45, 7) is 2.00. The predicted octanol–water partition coefficient (Wildman–Crippen LogP) is -2.51. The molecule has 0 fully saturated rings. The van der Waals surface area contributed by atoms with E-state index < -0.39 is 0 Å². The molecule has 0 aliphatic heterocycles. The molecule has 0 saturated heterocycles. The second kappa shape index (κ2) is 16.3. The summed E-state index contributed by atoms with van der Waals surface area (Å²) in [5, 5.41) is 0. The molecule has 0 aliphatic rings. The van der Waals surface area contributed by atoms with Crippen molar-refractivity contribution >= 4 is 6.94 Å². The van der Waals surface area contributed by atoms with Gasteiger partial charge in [0.2, 0.25) is 0 Å². The van der Waals surface area contributed by atoms with Gasteiger partial charge in [-0.3, -0.25) is 0 Å². The van der Waals surface area contributed by atoms with E-state index in [2.05, 4.69) is 54.6 Å². The van der Waals surface area contributed by atoms with Gasteiger partial charge in [-0.2, -0.15) is 35.9 Å². The standard InChI is InChI=1S/C12H11.C5H5.2BrH.Hf.H2Si/c1-2-6-11(7-3-1)10-12-8-4-5-9-12;1-2-4-5-3-1;;;;/h1-9H,10H2;1-5H;2*1H;;1H2/q2*-1;;;+2;/p-2. The van der Waals surface area contributed by atoms with E-state index in [4.69, 9.17) is 0 Å². The van der Waals surface area contributed by atoms with Crippen molar-refractivity contribution in [3.8, 4) is 0 Å². The fraction of sp³-hybridized carbons (Fsp3) is 0.0588. The van der Waals surface area contributed by atoms with Crippen LogP contribution in [-0.2, 0) is 29.4 Å². The zero-order chi connectivity index (χ0) is 13.8. The Morgan fingerprint density at radius 2 is 1.33 bits per heavy atom. The van der Waals surface area contributed by atoms with Crippen LogP contribution >= 0.6 is 0 Å². The quantitative estimate of drug-likeness (QED) is 0.230. The molecule has 3 rings (SSSR count). The van der Waals surface area contributed by atoms with Crippen LogP contribution in [0.15, 0.2) is 84.9 Å². The Balaban J connectivity index is 0. The molecule has 110 valence electrons. The maximum Gasteiger partial charge on any atom is -0.0485 e. The first-order valence-corrected chi connectivity index (χ1v) is 14.5. The van der Waals surface area contributed by atoms with Gasteiger partial charge in [-0.1, -0.05) is 35.9 Å². The fourth-order valence-electron chi connectivity index (χ4n) is 1.68. The van der Waals surface area contributed by atoms with Gasteiger partial charge in [0, 0.05) is 0 Å². The summed E-state index contributed by atoms with van der Waals surface area (Å²) in [7, 11) is 0. The van der Waals surface area contributed by atoms with Crippen LogP contribution in [0, 0.1) is 0 Å². The number of benzene rings is 1. The van der Waals surface area contributed by atoms with Gasteiger partial charge in [-0.25, -0.2) is 24.3 Å². The monoisotopic (exact) mass is 588 g/mol. The average molecular weight is 589 g/mol. The van der Waals surface area contributed by atoms with Crippen molar-refractivity contribution < 1.29 is 57.0 Å². The molecule has 0 amide bonds. The van der Waals surface area contributed by atoms with E-state index in [1.165, 1.54) is 34.1 Å². The molecule has 0 aliphatic carbocycles. The number of hydrogen-bond acceptors (Lipinski definition) is 0. The molecule has 0 aromatic heterocycles. The van der Waals surface area contributed by atoms with Crippen LogP contribution in [0.4, 0.5) is 0 Å². The van der Waals surface area contributed by atoms with Crippen LogP contribution in [-0.4, -0.2) is 6.94 Å². The van der Waals surface area contributed by atoms with E-state index in [1.807, 2.05) is 37.3 Å². The Labute approximate surface area is 165 Å². The molecular weight excluding hydrogens is 571 g/mol. The molecule has 0 heterocycles. The molecule has 3 aromatic rings. The maximum atomic E-state index is 2.16. The van der Waals surface area contributed by atoms with Gasteiger partial charge in [0.1, 0.15) is 0 Å². The average Bonchev–Trinajstić information content (AvgIpc) is 3.18. The van der Waals surface area contributed by atoms with Crippen LogP contribution in [0.3, 0.4) is 0 Å². The summed E-state index contributed by atoms with van der Waals surface area (Å²) in [6.07, 6.45) is 1.05. The summed E-state index contributed by atoms with van der Waals surface area (Å²) >= 11 is 1.33. The molecule has 3 aromatic carbocycles. The summed E-state index contributed by atoms with van der Waals surface area (Å²) < 4.78 is 0. The van der Waals surface area contributed by atoms with Crippen LogP contribution in [0.5, 0.6) is 0 Å². The SMILES string of the molecule is [Br-].[Br-].[SiH2]=[Hf+2].c1cc[cH-]c1.c1ccc(C[c-]2cccc2)cc1. The van der Waals surface area contributed by atoms with E-state index in [-0.39, 0.29) is 34.0 Å². The summed E-state index contributed by atoms with van der Waals surface area (Å²) in [6, 6.07) is 29.0. The van der Waals surface area contributed by atoms with E-state index in [0.29, 0.717) is 0 Å². The van der Waals surface area contributed by atoms with E-state index in [1.54, 1.807) is 0 Å². The Bertz CT molecular complexity index is 490. The van der Waals surface area contributed by atoms with E-state index in [9.17, 15) is 0 Å². The summed E-state index contributed by atoms with van der Waals surface area (Å²) in [4.78, 5) is 0. The van der Waals surface area contributed by atoms with Gasteiger partial charge in [-0.05, 0) is 6.42 Å². The third-order valence-corrected chi connectivity index (χ3v) is 2.54. The van der Waals surface area contributed by atoms with Gasteiger partial charge in [-0.15, -0.1) is 0 Å². The second-order valence-electron chi connectivity index (χ2n) is 3.92. The van der Waals surface area contributed by atoms with Crippen molar-refractivity contribution in [2.24, 2.45) is 0 Å². The molecule has 0 spiro atoms. The number of rotatable bonds is 2. The first kappa shape index (κ1) is 23.2. The minimum atomic E-state index is 0. The van der Waals surface area contributed by atoms with Crippen LogP contribution in [0.2, 0.25) is 0 Å².